The maximum Gasteiger partial charge on any atom is 0.345 e. The third-order valence-corrected chi connectivity index (χ3v) is 3.21. The Labute approximate surface area is 121 Å². The quantitative estimate of drug-likeness (QED) is 0.531. The Bertz CT molecular complexity index is 894. The summed E-state index contributed by atoms with van der Waals surface area (Å²) in [6.07, 6.45) is 1.70. The van der Waals surface area contributed by atoms with Crippen molar-refractivity contribution in [2.24, 2.45) is 4.99 Å². The van der Waals surface area contributed by atoms with Crippen LogP contribution in [0.3, 0.4) is 0 Å². The highest BCUT2D eigenvalue weighted by atomic mass is 16.4. The minimum absolute atomic E-state index is 0.386. The Kier molecular flexibility index (Phi) is 3.36. The van der Waals surface area contributed by atoms with E-state index in [2.05, 4.69) is 9.98 Å². The number of benzene rings is 1. The topological polar surface area (TPSA) is 55.5 Å². The van der Waals surface area contributed by atoms with Crippen molar-refractivity contribution in [3.63, 3.8) is 0 Å². The van der Waals surface area contributed by atoms with Gasteiger partial charge < -0.3 is 4.42 Å². The molecule has 4 nitrogen and oxygen atoms in total. The van der Waals surface area contributed by atoms with Crippen LogP contribution in [0.4, 0.5) is 5.82 Å². The van der Waals surface area contributed by atoms with Crippen LogP contribution in [0.25, 0.3) is 11.0 Å². The molecule has 0 unspecified atom stereocenters. The molecule has 104 valence electrons. The van der Waals surface area contributed by atoms with Gasteiger partial charge in [-0.3, -0.25) is 0 Å². The molecule has 3 aromatic rings. The van der Waals surface area contributed by atoms with Gasteiger partial charge in [-0.05, 0) is 43.7 Å². The van der Waals surface area contributed by atoms with Gasteiger partial charge >= 0.3 is 5.63 Å². The van der Waals surface area contributed by atoms with E-state index in [1.54, 1.807) is 25.3 Å². The molecule has 0 atom stereocenters. The van der Waals surface area contributed by atoms with Gasteiger partial charge in [0.15, 0.2) is 5.82 Å². The summed E-state index contributed by atoms with van der Waals surface area (Å²) in [5.41, 5.74) is 2.31. The Balaban J connectivity index is 2.11. The lowest BCUT2D eigenvalue weighted by atomic mass is 10.1. The zero-order valence-corrected chi connectivity index (χ0v) is 11.8. The summed E-state index contributed by atoms with van der Waals surface area (Å²) in [5, 5.41) is 0.874. The first kappa shape index (κ1) is 13.2. The van der Waals surface area contributed by atoms with Crippen molar-refractivity contribution in [2.45, 2.75) is 13.8 Å². The number of hydrogen-bond acceptors (Lipinski definition) is 4. The van der Waals surface area contributed by atoms with E-state index in [1.165, 1.54) is 0 Å². The highest BCUT2D eigenvalue weighted by Crippen LogP contribution is 2.15. The van der Waals surface area contributed by atoms with E-state index in [-0.39, 0.29) is 5.63 Å². The average Bonchev–Trinajstić information content (AvgIpc) is 2.46. The molecule has 0 N–H and O–H groups in total. The molecule has 21 heavy (non-hydrogen) atoms. The number of rotatable bonds is 2. The Morgan fingerprint density at radius 2 is 2.00 bits per heavy atom. The van der Waals surface area contributed by atoms with Crippen LogP contribution in [-0.2, 0) is 0 Å². The molecule has 2 aromatic heterocycles. The van der Waals surface area contributed by atoms with E-state index in [4.69, 9.17) is 4.42 Å². The average molecular weight is 278 g/mol. The number of pyridine rings is 1. The number of para-hydroxylation sites is 1. The van der Waals surface area contributed by atoms with Crippen LogP contribution >= 0.6 is 0 Å². The minimum atomic E-state index is -0.386. The molecule has 1 aromatic carbocycles. The molecule has 0 saturated carbocycles. The number of fused-ring (bicyclic) bond motifs is 1. The van der Waals surface area contributed by atoms with E-state index < -0.39 is 0 Å². The second-order valence-corrected chi connectivity index (χ2v) is 4.87. The molecule has 0 aliphatic heterocycles. The molecular weight excluding hydrogens is 264 g/mol. The predicted molar refractivity (Wildman–Crippen MR) is 83.3 cm³/mol. The summed E-state index contributed by atoms with van der Waals surface area (Å²) in [7, 11) is 0. The molecule has 0 saturated heterocycles. The first-order valence-corrected chi connectivity index (χ1v) is 6.65. The molecule has 0 radical (unpaired) electrons. The van der Waals surface area contributed by atoms with Crippen LogP contribution in [0.5, 0.6) is 0 Å². The van der Waals surface area contributed by atoms with E-state index in [0.29, 0.717) is 22.7 Å². The van der Waals surface area contributed by atoms with E-state index in [9.17, 15) is 4.79 Å². The van der Waals surface area contributed by atoms with Crippen molar-refractivity contribution in [3.8, 4) is 0 Å². The van der Waals surface area contributed by atoms with Gasteiger partial charge in [-0.25, -0.2) is 14.8 Å². The van der Waals surface area contributed by atoms with Crippen molar-refractivity contribution in [1.29, 1.82) is 0 Å². The Morgan fingerprint density at radius 1 is 1.19 bits per heavy atom. The zero-order chi connectivity index (χ0) is 14.8. The summed E-state index contributed by atoms with van der Waals surface area (Å²) >= 11 is 0. The van der Waals surface area contributed by atoms with Crippen LogP contribution < -0.4 is 5.63 Å². The summed E-state index contributed by atoms with van der Waals surface area (Å²) in [6, 6.07) is 13.0. The molecule has 0 aliphatic rings. The fourth-order valence-electron chi connectivity index (χ4n) is 2.13. The standard InChI is InChI=1S/C17H14N2O2/c1-11-7-8-18-16(9-11)19-12(2)14-10-13-5-3-4-6-15(13)21-17(14)20/h3-10H,1-2H3. The third-order valence-electron chi connectivity index (χ3n) is 3.21. The van der Waals surface area contributed by atoms with Gasteiger partial charge in [0.05, 0.1) is 11.3 Å². The molecule has 0 bridgehead atoms. The normalized spacial score (nSPS) is 11.8. The SMILES string of the molecule is CC(=Nc1cc(C)ccn1)c1cc2ccccc2oc1=O. The summed E-state index contributed by atoms with van der Waals surface area (Å²) < 4.78 is 5.32. The maximum absolute atomic E-state index is 12.1. The van der Waals surface area contributed by atoms with Crippen molar-refractivity contribution in [3.05, 3.63) is 70.2 Å². The van der Waals surface area contributed by atoms with Crippen LogP contribution in [-0.4, -0.2) is 10.7 Å². The molecule has 0 spiro atoms. The van der Waals surface area contributed by atoms with Crippen molar-refractivity contribution in [2.75, 3.05) is 0 Å². The van der Waals surface area contributed by atoms with Gasteiger partial charge in [0.2, 0.25) is 0 Å². The number of aryl methyl sites for hydroxylation is 1. The van der Waals surface area contributed by atoms with Crippen LogP contribution in [0.2, 0.25) is 0 Å². The summed E-state index contributed by atoms with van der Waals surface area (Å²) in [6.45, 7) is 3.76. The molecule has 0 aliphatic carbocycles. The summed E-state index contributed by atoms with van der Waals surface area (Å²) in [4.78, 5) is 20.6. The molecule has 3 rings (SSSR count). The van der Waals surface area contributed by atoms with E-state index >= 15 is 0 Å². The summed E-state index contributed by atoms with van der Waals surface area (Å²) in [5.74, 6) is 0.583. The first-order valence-electron chi connectivity index (χ1n) is 6.65. The Hall–Kier alpha value is -2.75. The second kappa shape index (κ2) is 5.32. The van der Waals surface area contributed by atoms with Crippen LogP contribution in [0.1, 0.15) is 18.1 Å². The fourth-order valence-corrected chi connectivity index (χ4v) is 2.13. The number of nitrogens with zero attached hydrogens (tertiary/aromatic N) is 2. The van der Waals surface area contributed by atoms with Gasteiger partial charge in [0.25, 0.3) is 0 Å². The lowest BCUT2D eigenvalue weighted by molar-refractivity contribution is 0.559. The lowest BCUT2D eigenvalue weighted by Gasteiger charge is -2.02. The van der Waals surface area contributed by atoms with Gasteiger partial charge in [0, 0.05) is 11.6 Å². The van der Waals surface area contributed by atoms with Gasteiger partial charge in [0.1, 0.15) is 5.58 Å². The highest BCUT2D eigenvalue weighted by Gasteiger charge is 2.08. The van der Waals surface area contributed by atoms with Gasteiger partial charge in [-0.2, -0.15) is 0 Å². The van der Waals surface area contributed by atoms with Crippen molar-refractivity contribution < 1.29 is 4.42 Å². The van der Waals surface area contributed by atoms with E-state index in [1.807, 2.05) is 37.3 Å². The maximum atomic E-state index is 12.1. The molecule has 0 amide bonds. The fraction of sp³-hybridized carbons (Fsp3) is 0.118. The van der Waals surface area contributed by atoms with E-state index in [0.717, 1.165) is 10.9 Å². The zero-order valence-electron chi connectivity index (χ0n) is 11.8. The van der Waals surface area contributed by atoms with Crippen molar-refractivity contribution in [1.82, 2.24) is 4.98 Å². The molecular formula is C17H14N2O2. The van der Waals surface area contributed by atoms with Crippen molar-refractivity contribution >= 4 is 22.5 Å². The number of aromatic nitrogens is 1. The highest BCUT2D eigenvalue weighted by molar-refractivity contribution is 6.01. The first-order chi connectivity index (χ1) is 10.1. The van der Waals surface area contributed by atoms with Crippen LogP contribution in [0.15, 0.2) is 62.9 Å². The second-order valence-electron chi connectivity index (χ2n) is 4.87. The van der Waals surface area contributed by atoms with Gasteiger partial charge in [-0.15, -0.1) is 0 Å². The monoisotopic (exact) mass is 278 g/mol. The lowest BCUT2D eigenvalue weighted by Crippen LogP contribution is -2.11. The number of hydrogen-bond donors (Lipinski definition) is 0. The smallest absolute Gasteiger partial charge is 0.345 e. The molecule has 0 fully saturated rings. The minimum Gasteiger partial charge on any atom is -0.422 e. The molecule has 4 heteroatoms. The Morgan fingerprint density at radius 3 is 2.81 bits per heavy atom. The van der Waals surface area contributed by atoms with Gasteiger partial charge in [-0.1, -0.05) is 18.2 Å². The molecule has 2 heterocycles. The third kappa shape index (κ3) is 2.74. The van der Waals surface area contributed by atoms with Crippen LogP contribution in [0, 0.1) is 6.92 Å². The largest absolute Gasteiger partial charge is 0.422 e. The predicted octanol–water partition coefficient (Wildman–Crippen LogP) is 3.64. The number of aliphatic imine (C=N–C) groups is 1.